The van der Waals surface area contributed by atoms with Gasteiger partial charge in [0.15, 0.2) is 22.6 Å². The van der Waals surface area contributed by atoms with Crippen LogP contribution in [0.3, 0.4) is 0 Å². The monoisotopic (exact) mass is 273 g/mol. The van der Waals surface area contributed by atoms with E-state index in [9.17, 15) is 18.0 Å². The number of hydrogen-bond donors (Lipinski definition) is 2. The van der Waals surface area contributed by atoms with Crippen LogP contribution in [0.15, 0.2) is 23.7 Å². The molecule has 4 nitrogen and oxygen atoms in total. The van der Waals surface area contributed by atoms with Crippen molar-refractivity contribution in [3.63, 3.8) is 0 Å². The van der Waals surface area contributed by atoms with Gasteiger partial charge in [0, 0.05) is 11.6 Å². The number of hydrogen-bond acceptors (Lipinski definition) is 3. The first-order chi connectivity index (χ1) is 8.58. The van der Waals surface area contributed by atoms with E-state index < -0.39 is 29.2 Å². The maximum atomic E-state index is 13.2. The number of aromatic nitrogens is 1. The molecule has 0 saturated carbocycles. The maximum absolute atomic E-state index is 13.2. The molecule has 2 amide bonds. The second kappa shape index (κ2) is 5.05. The molecular formula is C10H6F3N3OS. The Labute approximate surface area is 103 Å². The Morgan fingerprint density at radius 3 is 2.61 bits per heavy atom. The second-order valence-corrected chi connectivity index (χ2v) is 4.03. The van der Waals surface area contributed by atoms with E-state index in [2.05, 4.69) is 15.6 Å². The molecule has 2 N–H and O–H groups in total. The van der Waals surface area contributed by atoms with Crippen LogP contribution in [0.2, 0.25) is 0 Å². The van der Waals surface area contributed by atoms with Gasteiger partial charge >= 0.3 is 6.03 Å². The van der Waals surface area contributed by atoms with Crippen LogP contribution < -0.4 is 10.6 Å². The summed E-state index contributed by atoms with van der Waals surface area (Å²) >= 11 is 1.16. The van der Waals surface area contributed by atoms with Crippen LogP contribution >= 0.6 is 11.3 Å². The predicted molar refractivity (Wildman–Crippen MR) is 61.1 cm³/mol. The Bertz CT molecular complexity index is 574. The highest BCUT2D eigenvalue weighted by Gasteiger charge is 2.15. The quantitative estimate of drug-likeness (QED) is 0.825. The Kier molecular flexibility index (Phi) is 3.47. The minimum atomic E-state index is -1.64. The molecule has 1 aromatic carbocycles. The van der Waals surface area contributed by atoms with Gasteiger partial charge in [0.25, 0.3) is 0 Å². The number of rotatable bonds is 2. The Balaban J connectivity index is 2.10. The van der Waals surface area contributed by atoms with E-state index in [1.54, 1.807) is 5.38 Å². The lowest BCUT2D eigenvalue weighted by atomic mass is 10.3. The molecule has 2 rings (SSSR count). The zero-order chi connectivity index (χ0) is 13.1. The molecule has 0 unspecified atom stereocenters. The molecule has 0 aliphatic carbocycles. The largest absolute Gasteiger partial charge is 0.325 e. The average Bonchev–Trinajstić information content (AvgIpc) is 2.83. The minimum absolute atomic E-state index is 0.301. The lowest BCUT2D eigenvalue weighted by Crippen LogP contribution is -2.20. The van der Waals surface area contributed by atoms with Crippen LogP contribution in [-0.4, -0.2) is 11.0 Å². The van der Waals surface area contributed by atoms with E-state index >= 15 is 0 Å². The predicted octanol–water partition coefficient (Wildman–Crippen LogP) is 3.20. The summed E-state index contributed by atoms with van der Waals surface area (Å²) in [5, 5.41) is 6.29. The lowest BCUT2D eigenvalue weighted by Gasteiger charge is -2.07. The summed E-state index contributed by atoms with van der Waals surface area (Å²) in [6.07, 6.45) is 1.47. The molecule has 0 bridgehead atoms. The van der Waals surface area contributed by atoms with Crippen LogP contribution in [0.25, 0.3) is 0 Å². The summed E-state index contributed by atoms with van der Waals surface area (Å²) in [5.41, 5.74) is -0.456. The van der Waals surface area contributed by atoms with E-state index in [4.69, 9.17) is 0 Å². The SMILES string of the molecule is O=C(Nc1nccs1)Nc1ccc(F)c(F)c1F. The first-order valence-corrected chi connectivity index (χ1v) is 5.57. The van der Waals surface area contributed by atoms with Gasteiger partial charge in [0.1, 0.15) is 0 Å². The smallest absolute Gasteiger partial charge is 0.305 e. The summed E-state index contributed by atoms with van der Waals surface area (Å²) in [6, 6.07) is 0.849. The molecule has 0 aliphatic rings. The highest BCUT2D eigenvalue weighted by molar-refractivity contribution is 7.13. The van der Waals surface area contributed by atoms with Crippen LogP contribution in [0.4, 0.5) is 28.8 Å². The number of nitrogens with zero attached hydrogens (tertiary/aromatic N) is 1. The highest BCUT2D eigenvalue weighted by Crippen LogP contribution is 2.20. The molecule has 0 atom stereocenters. The third-order valence-electron chi connectivity index (χ3n) is 1.94. The van der Waals surface area contributed by atoms with Crippen molar-refractivity contribution in [2.24, 2.45) is 0 Å². The third kappa shape index (κ3) is 2.59. The summed E-state index contributed by atoms with van der Waals surface area (Å²) < 4.78 is 38.8. The molecule has 94 valence electrons. The fraction of sp³-hybridized carbons (Fsp3) is 0. The number of halogens is 3. The zero-order valence-electron chi connectivity index (χ0n) is 8.71. The van der Waals surface area contributed by atoms with Gasteiger partial charge in [0.2, 0.25) is 0 Å². The minimum Gasteiger partial charge on any atom is -0.305 e. The standard InChI is InChI=1S/C10H6F3N3OS/c11-5-1-2-6(8(13)7(5)12)15-9(17)16-10-14-3-4-18-10/h1-4H,(H2,14,15,16,17). The van der Waals surface area contributed by atoms with E-state index in [1.807, 2.05) is 0 Å². The van der Waals surface area contributed by atoms with Crippen molar-refractivity contribution < 1.29 is 18.0 Å². The number of anilines is 2. The average molecular weight is 273 g/mol. The van der Waals surface area contributed by atoms with Crippen molar-refractivity contribution in [1.82, 2.24) is 4.98 Å². The molecular weight excluding hydrogens is 267 g/mol. The van der Waals surface area contributed by atoms with Crippen molar-refractivity contribution in [1.29, 1.82) is 0 Å². The Hall–Kier alpha value is -2.09. The van der Waals surface area contributed by atoms with E-state index in [1.165, 1.54) is 6.20 Å². The first kappa shape index (κ1) is 12.4. The van der Waals surface area contributed by atoms with Gasteiger partial charge in [-0.25, -0.2) is 22.9 Å². The van der Waals surface area contributed by atoms with E-state index in [-0.39, 0.29) is 0 Å². The fourth-order valence-corrected chi connectivity index (χ4v) is 1.68. The first-order valence-electron chi connectivity index (χ1n) is 4.69. The molecule has 18 heavy (non-hydrogen) atoms. The van der Waals surface area contributed by atoms with Crippen LogP contribution in [0, 0.1) is 17.5 Å². The second-order valence-electron chi connectivity index (χ2n) is 3.14. The van der Waals surface area contributed by atoms with Crippen LogP contribution in [0.1, 0.15) is 0 Å². The summed E-state index contributed by atoms with van der Waals surface area (Å²) in [5.74, 6) is -4.41. The van der Waals surface area contributed by atoms with Crippen LogP contribution in [0.5, 0.6) is 0 Å². The zero-order valence-corrected chi connectivity index (χ0v) is 9.52. The Morgan fingerprint density at radius 2 is 1.94 bits per heavy atom. The summed E-state index contributed by atoms with van der Waals surface area (Å²) in [4.78, 5) is 15.2. The molecule has 0 radical (unpaired) electrons. The van der Waals surface area contributed by atoms with Crippen LogP contribution in [-0.2, 0) is 0 Å². The molecule has 1 heterocycles. The van der Waals surface area contributed by atoms with Crippen molar-refractivity contribution >= 4 is 28.2 Å². The van der Waals surface area contributed by atoms with Gasteiger partial charge in [0.05, 0.1) is 5.69 Å². The number of carbonyl (C=O) groups is 1. The van der Waals surface area contributed by atoms with E-state index in [0.29, 0.717) is 5.13 Å². The third-order valence-corrected chi connectivity index (χ3v) is 2.62. The highest BCUT2D eigenvalue weighted by atomic mass is 32.1. The molecule has 0 fully saturated rings. The molecule has 0 saturated heterocycles. The molecule has 1 aromatic heterocycles. The summed E-state index contributed by atoms with van der Waals surface area (Å²) in [6.45, 7) is 0. The van der Waals surface area contributed by atoms with Crippen molar-refractivity contribution in [2.45, 2.75) is 0 Å². The van der Waals surface area contributed by atoms with Gasteiger partial charge in [-0.3, -0.25) is 5.32 Å². The molecule has 0 aliphatic heterocycles. The number of carbonyl (C=O) groups excluding carboxylic acids is 1. The molecule has 2 aromatic rings. The van der Waals surface area contributed by atoms with Gasteiger partial charge in [-0.2, -0.15) is 0 Å². The van der Waals surface area contributed by atoms with Crippen molar-refractivity contribution in [2.75, 3.05) is 10.6 Å². The number of urea groups is 1. The fourth-order valence-electron chi connectivity index (χ4n) is 1.16. The number of thiazole rings is 1. The number of amides is 2. The van der Waals surface area contributed by atoms with Gasteiger partial charge in [-0.15, -0.1) is 11.3 Å². The van der Waals surface area contributed by atoms with Gasteiger partial charge in [-0.05, 0) is 12.1 Å². The topological polar surface area (TPSA) is 54.0 Å². The molecule has 8 heteroatoms. The van der Waals surface area contributed by atoms with Crippen molar-refractivity contribution in [3.8, 4) is 0 Å². The van der Waals surface area contributed by atoms with Crippen molar-refractivity contribution in [3.05, 3.63) is 41.2 Å². The summed E-state index contributed by atoms with van der Waals surface area (Å²) in [7, 11) is 0. The number of nitrogens with one attached hydrogen (secondary N) is 2. The molecule has 0 spiro atoms. The van der Waals surface area contributed by atoms with E-state index in [0.717, 1.165) is 23.5 Å². The van der Waals surface area contributed by atoms with Gasteiger partial charge in [-0.1, -0.05) is 0 Å². The van der Waals surface area contributed by atoms with Gasteiger partial charge < -0.3 is 5.32 Å². The Morgan fingerprint density at radius 1 is 1.17 bits per heavy atom. The normalized spacial score (nSPS) is 10.2. The number of benzene rings is 1. The lowest BCUT2D eigenvalue weighted by molar-refractivity contribution is 0.262. The maximum Gasteiger partial charge on any atom is 0.325 e.